The molecule has 0 radical (unpaired) electrons. The van der Waals surface area contributed by atoms with Gasteiger partial charge in [0.1, 0.15) is 0 Å². The average Bonchev–Trinajstić information content (AvgIpc) is 2.22. The number of rotatable bonds is 7. The van der Waals surface area contributed by atoms with Gasteiger partial charge in [-0.2, -0.15) is 0 Å². The van der Waals surface area contributed by atoms with E-state index >= 15 is 0 Å². The molecule has 1 fully saturated rings. The first-order valence-electron chi connectivity index (χ1n) is 6.81. The van der Waals surface area contributed by atoms with Gasteiger partial charge in [-0.3, -0.25) is 4.90 Å². The normalized spacial score (nSPS) is 27.2. The van der Waals surface area contributed by atoms with Crippen molar-refractivity contribution >= 4 is 0 Å². The van der Waals surface area contributed by atoms with E-state index in [2.05, 4.69) is 31.0 Å². The number of morpholine rings is 1. The molecule has 16 heavy (non-hydrogen) atoms. The van der Waals surface area contributed by atoms with Crippen LogP contribution in [0.5, 0.6) is 0 Å². The Hall–Kier alpha value is -0.120. The number of hydrogen-bond donors (Lipinski definition) is 1. The first-order chi connectivity index (χ1) is 7.72. The molecule has 1 aliphatic rings. The minimum Gasteiger partial charge on any atom is -0.373 e. The zero-order valence-electron chi connectivity index (χ0n) is 11.2. The number of nitrogens with zero attached hydrogens (tertiary/aromatic N) is 1. The third-order valence-corrected chi connectivity index (χ3v) is 3.07. The van der Waals surface area contributed by atoms with Gasteiger partial charge >= 0.3 is 0 Å². The summed E-state index contributed by atoms with van der Waals surface area (Å²) in [5.41, 5.74) is 0. The summed E-state index contributed by atoms with van der Waals surface area (Å²) in [5, 5.41) is 3.37. The first kappa shape index (κ1) is 13.9. The van der Waals surface area contributed by atoms with Crippen molar-refractivity contribution in [2.45, 2.75) is 52.2 Å². The van der Waals surface area contributed by atoms with Crippen molar-refractivity contribution < 1.29 is 4.74 Å². The van der Waals surface area contributed by atoms with Crippen LogP contribution in [0.25, 0.3) is 0 Å². The molecular formula is C13H28N2O. The van der Waals surface area contributed by atoms with Crippen molar-refractivity contribution in [3.63, 3.8) is 0 Å². The molecule has 2 unspecified atom stereocenters. The van der Waals surface area contributed by atoms with Crippen LogP contribution in [0.1, 0.15) is 40.0 Å². The predicted molar refractivity (Wildman–Crippen MR) is 68.8 cm³/mol. The Bertz CT molecular complexity index is 165. The van der Waals surface area contributed by atoms with Crippen molar-refractivity contribution in [2.24, 2.45) is 0 Å². The predicted octanol–water partition coefficient (Wildman–Crippen LogP) is 1.88. The maximum Gasteiger partial charge on any atom is 0.0678 e. The van der Waals surface area contributed by atoms with Gasteiger partial charge < -0.3 is 10.1 Å². The Labute approximate surface area is 101 Å². The fourth-order valence-corrected chi connectivity index (χ4v) is 2.41. The highest BCUT2D eigenvalue weighted by atomic mass is 16.5. The highest BCUT2D eigenvalue weighted by Gasteiger charge is 2.21. The number of nitrogens with one attached hydrogen (secondary N) is 1. The van der Waals surface area contributed by atoms with Crippen LogP contribution >= 0.6 is 0 Å². The lowest BCUT2D eigenvalue weighted by Crippen LogP contribution is -2.45. The zero-order chi connectivity index (χ0) is 11.8. The van der Waals surface area contributed by atoms with Crippen LogP contribution in [0.3, 0.4) is 0 Å². The quantitative estimate of drug-likeness (QED) is 0.673. The Morgan fingerprint density at radius 1 is 1.12 bits per heavy atom. The smallest absolute Gasteiger partial charge is 0.0678 e. The summed E-state index contributed by atoms with van der Waals surface area (Å²) in [6, 6.07) is 0. The first-order valence-corrected chi connectivity index (χ1v) is 6.81. The molecule has 1 heterocycles. The molecule has 1 N–H and O–H groups in total. The average molecular weight is 228 g/mol. The van der Waals surface area contributed by atoms with Gasteiger partial charge in [-0.25, -0.2) is 0 Å². The lowest BCUT2D eigenvalue weighted by molar-refractivity contribution is -0.0681. The van der Waals surface area contributed by atoms with Gasteiger partial charge in [0.2, 0.25) is 0 Å². The topological polar surface area (TPSA) is 24.5 Å². The van der Waals surface area contributed by atoms with Crippen LogP contribution in [-0.2, 0) is 4.74 Å². The fourth-order valence-electron chi connectivity index (χ4n) is 2.41. The highest BCUT2D eigenvalue weighted by Crippen LogP contribution is 2.11. The second-order valence-electron chi connectivity index (χ2n) is 4.93. The highest BCUT2D eigenvalue weighted by molar-refractivity contribution is 4.72. The molecule has 0 aromatic carbocycles. The van der Waals surface area contributed by atoms with E-state index in [-0.39, 0.29) is 0 Å². The lowest BCUT2D eigenvalue weighted by Gasteiger charge is -2.35. The van der Waals surface area contributed by atoms with E-state index < -0.39 is 0 Å². The molecule has 1 aliphatic heterocycles. The molecule has 1 rings (SSSR count). The summed E-state index contributed by atoms with van der Waals surface area (Å²) in [6.45, 7) is 12.2. The van der Waals surface area contributed by atoms with E-state index in [0.29, 0.717) is 12.2 Å². The molecule has 0 aromatic rings. The monoisotopic (exact) mass is 228 g/mol. The SMILES string of the molecule is CCNCCCCCN1CC(C)OC(C)C1. The minimum atomic E-state index is 0.408. The van der Waals surface area contributed by atoms with Crippen LogP contribution in [0.15, 0.2) is 0 Å². The molecule has 0 aliphatic carbocycles. The van der Waals surface area contributed by atoms with E-state index in [0.717, 1.165) is 19.6 Å². The Balaban J connectivity index is 1.99. The largest absolute Gasteiger partial charge is 0.373 e. The molecule has 3 nitrogen and oxygen atoms in total. The molecule has 96 valence electrons. The van der Waals surface area contributed by atoms with Crippen molar-refractivity contribution in [2.75, 3.05) is 32.7 Å². The Morgan fingerprint density at radius 3 is 2.44 bits per heavy atom. The molecular weight excluding hydrogens is 200 g/mol. The van der Waals surface area contributed by atoms with Crippen LogP contribution < -0.4 is 5.32 Å². The molecule has 1 saturated heterocycles. The van der Waals surface area contributed by atoms with E-state index in [1.807, 2.05) is 0 Å². The molecule has 0 spiro atoms. The standard InChI is InChI=1S/C13H28N2O/c1-4-14-8-6-5-7-9-15-10-12(2)16-13(3)11-15/h12-14H,4-11H2,1-3H3. The van der Waals surface area contributed by atoms with E-state index in [1.54, 1.807) is 0 Å². The molecule has 0 saturated carbocycles. The summed E-state index contributed by atoms with van der Waals surface area (Å²) in [5.74, 6) is 0. The number of ether oxygens (including phenoxy) is 1. The van der Waals surface area contributed by atoms with Crippen molar-refractivity contribution in [1.82, 2.24) is 10.2 Å². The Morgan fingerprint density at radius 2 is 1.81 bits per heavy atom. The number of unbranched alkanes of at least 4 members (excludes halogenated alkanes) is 2. The van der Waals surface area contributed by atoms with Crippen LogP contribution in [0.2, 0.25) is 0 Å². The van der Waals surface area contributed by atoms with Crippen molar-refractivity contribution in [3.8, 4) is 0 Å². The minimum absolute atomic E-state index is 0.408. The summed E-state index contributed by atoms with van der Waals surface area (Å²) in [4.78, 5) is 2.55. The number of hydrogen-bond acceptors (Lipinski definition) is 3. The van der Waals surface area contributed by atoms with E-state index in [9.17, 15) is 0 Å². The van der Waals surface area contributed by atoms with Gasteiger partial charge in [0, 0.05) is 13.1 Å². The third-order valence-electron chi connectivity index (χ3n) is 3.07. The molecule has 0 amide bonds. The molecule has 0 aromatic heterocycles. The Kier molecular flexibility index (Phi) is 7.01. The summed E-state index contributed by atoms with van der Waals surface area (Å²) in [7, 11) is 0. The van der Waals surface area contributed by atoms with Crippen molar-refractivity contribution in [3.05, 3.63) is 0 Å². The maximum atomic E-state index is 5.72. The fraction of sp³-hybridized carbons (Fsp3) is 1.00. The van der Waals surface area contributed by atoms with Crippen molar-refractivity contribution in [1.29, 1.82) is 0 Å². The van der Waals surface area contributed by atoms with Gasteiger partial charge in [-0.15, -0.1) is 0 Å². The summed E-state index contributed by atoms with van der Waals surface area (Å²) < 4.78 is 5.72. The second kappa shape index (κ2) is 8.04. The maximum absolute atomic E-state index is 5.72. The second-order valence-corrected chi connectivity index (χ2v) is 4.93. The van der Waals surface area contributed by atoms with Gasteiger partial charge in [0.25, 0.3) is 0 Å². The van der Waals surface area contributed by atoms with E-state index in [1.165, 1.54) is 32.4 Å². The van der Waals surface area contributed by atoms with E-state index in [4.69, 9.17) is 4.74 Å². The van der Waals surface area contributed by atoms with Crippen LogP contribution in [0.4, 0.5) is 0 Å². The lowest BCUT2D eigenvalue weighted by atomic mass is 10.2. The summed E-state index contributed by atoms with van der Waals surface area (Å²) in [6.07, 6.45) is 4.79. The van der Waals surface area contributed by atoms with Gasteiger partial charge in [0.15, 0.2) is 0 Å². The van der Waals surface area contributed by atoms with Gasteiger partial charge in [-0.05, 0) is 46.3 Å². The van der Waals surface area contributed by atoms with Gasteiger partial charge in [0.05, 0.1) is 12.2 Å². The van der Waals surface area contributed by atoms with Crippen LogP contribution in [-0.4, -0.2) is 49.8 Å². The zero-order valence-corrected chi connectivity index (χ0v) is 11.2. The van der Waals surface area contributed by atoms with Gasteiger partial charge in [-0.1, -0.05) is 13.3 Å². The molecule has 3 heteroatoms. The summed E-state index contributed by atoms with van der Waals surface area (Å²) >= 11 is 0. The molecule has 2 atom stereocenters. The third kappa shape index (κ3) is 5.83. The van der Waals surface area contributed by atoms with Crippen LogP contribution in [0, 0.1) is 0 Å². The molecule has 0 bridgehead atoms.